The van der Waals surface area contributed by atoms with Crippen LogP contribution in [0.2, 0.25) is 0 Å². The van der Waals surface area contributed by atoms with Crippen molar-refractivity contribution in [3.8, 4) is 0 Å². The summed E-state index contributed by atoms with van der Waals surface area (Å²) >= 11 is 0. The number of hydrogen-bond donors (Lipinski definition) is 2. The lowest BCUT2D eigenvalue weighted by Gasteiger charge is -2.36. The summed E-state index contributed by atoms with van der Waals surface area (Å²) < 4.78 is 5.52. The third-order valence-electron chi connectivity index (χ3n) is 6.43. The topological polar surface area (TPSA) is 65.7 Å². The van der Waals surface area contributed by atoms with E-state index in [1.165, 1.54) is 51.6 Å². The monoisotopic (exact) mass is 389 g/mol. The molecule has 1 aliphatic carbocycles. The molecule has 2 aliphatic rings. The quantitative estimate of drug-likeness (QED) is 0.519. The van der Waals surface area contributed by atoms with E-state index in [0.29, 0.717) is 18.5 Å². The van der Waals surface area contributed by atoms with Crippen molar-refractivity contribution in [2.45, 2.75) is 96.7 Å². The van der Waals surface area contributed by atoms with Gasteiger partial charge in [-0.25, -0.2) is 4.99 Å². The van der Waals surface area contributed by atoms with Crippen LogP contribution in [0.1, 0.15) is 89.5 Å². The van der Waals surface area contributed by atoms with Gasteiger partial charge in [0.25, 0.3) is 0 Å². The summed E-state index contributed by atoms with van der Waals surface area (Å²) in [6.45, 7) is 10.3. The number of aliphatic imine (C=N–C) groups is 1. The second kappa shape index (κ2) is 10.8. The molecular formula is C22H39N5O. The van der Waals surface area contributed by atoms with Gasteiger partial charge in [-0.1, -0.05) is 31.8 Å². The van der Waals surface area contributed by atoms with Crippen LogP contribution >= 0.6 is 0 Å². The molecule has 0 bridgehead atoms. The number of likely N-dealkylation sites (tertiary alicyclic amines) is 1. The Morgan fingerprint density at radius 2 is 1.89 bits per heavy atom. The Hall–Kier alpha value is -1.56. The van der Waals surface area contributed by atoms with Gasteiger partial charge in [0.1, 0.15) is 6.54 Å². The Morgan fingerprint density at radius 3 is 2.54 bits per heavy atom. The van der Waals surface area contributed by atoms with Gasteiger partial charge in [-0.05, 0) is 45.4 Å². The zero-order valence-electron chi connectivity index (χ0n) is 18.0. The van der Waals surface area contributed by atoms with Gasteiger partial charge in [0.15, 0.2) is 11.7 Å². The SMILES string of the molecule is CCNC(=NCc1cc(C(CC)CC)no1)NC1CCN(C2CCCC2)CC1. The number of guanidine groups is 1. The molecule has 158 valence electrons. The molecule has 1 aromatic heterocycles. The van der Waals surface area contributed by atoms with E-state index in [9.17, 15) is 0 Å². The molecule has 0 radical (unpaired) electrons. The zero-order chi connectivity index (χ0) is 19.8. The maximum atomic E-state index is 5.52. The molecule has 6 nitrogen and oxygen atoms in total. The van der Waals surface area contributed by atoms with Crippen molar-refractivity contribution in [2.75, 3.05) is 19.6 Å². The number of nitrogens with one attached hydrogen (secondary N) is 2. The smallest absolute Gasteiger partial charge is 0.191 e. The van der Waals surface area contributed by atoms with E-state index >= 15 is 0 Å². The Morgan fingerprint density at radius 1 is 1.18 bits per heavy atom. The predicted octanol–water partition coefficient (Wildman–Crippen LogP) is 4.04. The maximum Gasteiger partial charge on any atom is 0.191 e. The molecule has 3 rings (SSSR count). The Kier molecular flexibility index (Phi) is 8.19. The lowest BCUT2D eigenvalue weighted by atomic mass is 9.99. The van der Waals surface area contributed by atoms with Gasteiger partial charge < -0.3 is 20.1 Å². The van der Waals surface area contributed by atoms with Crippen LogP contribution in [-0.2, 0) is 6.54 Å². The highest BCUT2D eigenvalue weighted by molar-refractivity contribution is 5.80. The van der Waals surface area contributed by atoms with E-state index in [2.05, 4.69) is 47.5 Å². The summed E-state index contributed by atoms with van der Waals surface area (Å²) in [6.07, 6.45) is 10.2. The standard InChI is InChI=1S/C22H39N5O/c1-4-17(5-2)21-15-20(28-26-21)16-24-22(23-6-3)25-18-11-13-27(14-12-18)19-9-7-8-10-19/h15,17-19H,4-14,16H2,1-3H3,(H2,23,24,25). The highest BCUT2D eigenvalue weighted by Crippen LogP contribution is 2.26. The predicted molar refractivity (Wildman–Crippen MR) is 115 cm³/mol. The summed E-state index contributed by atoms with van der Waals surface area (Å²) in [5.74, 6) is 2.22. The molecule has 6 heteroatoms. The van der Waals surface area contributed by atoms with Crippen molar-refractivity contribution in [1.29, 1.82) is 0 Å². The molecule has 2 fully saturated rings. The number of piperidine rings is 1. The third kappa shape index (κ3) is 5.72. The summed E-state index contributed by atoms with van der Waals surface area (Å²) in [5, 5.41) is 11.3. The van der Waals surface area contributed by atoms with Gasteiger partial charge in [0.05, 0.1) is 5.69 Å². The second-order valence-corrected chi connectivity index (χ2v) is 8.32. The summed E-state index contributed by atoms with van der Waals surface area (Å²) in [6, 6.07) is 3.43. The Labute approximate surface area is 170 Å². The lowest BCUT2D eigenvalue weighted by molar-refractivity contribution is 0.150. The summed E-state index contributed by atoms with van der Waals surface area (Å²) in [5.41, 5.74) is 1.06. The lowest BCUT2D eigenvalue weighted by Crippen LogP contribution is -2.50. The van der Waals surface area contributed by atoms with E-state index in [1.807, 2.05) is 0 Å². The fourth-order valence-corrected chi connectivity index (χ4v) is 4.65. The van der Waals surface area contributed by atoms with Crippen LogP contribution in [0.25, 0.3) is 0 Å². The van der Waals surface area contributed by atoms with E-state index in [4.69, 9.17) is 9.52 Å². The van der Waals surface area contributed by atoms with Crippen molar-refractivity contribution in [2.24, 2.45) is 4.99 Å². The highest BCUT2D eigenvalue weighted by atomic mass is 16.5. The second-order valence-electron chi connectivity index (χ2n) is 8.32. The van der Waals surface area contributed by atoms with E-state index in [-0.39, 0.29) is 0 Å². The van der Waals surface area contributed by atoms with Crippen molar-refractivity contribution < 1.29 is 4.52 Å². The minimum atomic E-state index is 0.484. The van der Waals surface area contributed by atoms with Crippen LogP contribution < -0.4 is 10.6 Å². The molecule has 0 aromatic carbocycles. The van der Waals surface area contributed by atoms with Gasteiger partial charge in [-0.15, -0.1) is 0 Å². The third-order valence-corrected chi connectivity index (χ3v) is 6.43. The van der Waals surface area contributed by atoms with Crippen LogP contribution in [-0.4, -0.2) is 47.7 Å². The molecule has 1 aromatic rings. The fraction of sp³-hybridized carbons (Fsp3) is 0.818. The largest absolute Gasteiger partial charge is 0.359 e. The van der Waals surface area contributed by atoms with Crippen LogP contribution in [0.4, 0.5) is 0 Å². The first kappa shape index (κ1) is 21.2. The minimum Gasteiger partial charge on any atom is -0.359 e. The first-order chi connectivity index (χ1) is 13.7. The average Bonchev–Trinajstić information content (AvgIpc) is 3.40. The number of rotatable bonds is 8. The normalized spacial score (nSPS) is 20.2. The molecule has 0 amide bonds. The first-order valence-electron chi connectivity index (χ1n) is 11.5. The van der Waals surface area contributed by atoms with Gasteiger partial charge in [0.2, 0.25) is 0 Å². The van der Waals surface area contributed by atoms with E-state index in [1.54, 1.807) is 0 Å². The number of aromatic nitrogens is 1. The summed E-state index contributed by atoms with van der Waals surface area (Å²) in [7, 11) is 0. The first-order valence-corrected chi connectivity index (χ1v) is 11.5. The van der Waals surface area contributed by atoms with Crippen LogP contribution in [0.15, 0.2) is 15.6 Å². The molecule has 1 saturated heterocycles. The Bertz CT molecular complexity index is 596. The Balaban J connectivity index is 1.50. The van der Waals surface area contributed by atoms with Gasteiger partial charge >= 0.3 is 0 Å². The number of nitrogens with zero attached hydrogens (tertiary/aromatic N) is 3. The van der Waals surface area contributed by atoms with Crippen molar-refractivity contribution >= 4 is 5.96 Å². The van der Waals surface area contributed by atoms with Gasteiger partial charge in [-0.3, -0.25) is 0 Å². The van der Waals surface area contributed by atoms with Gasteiger partial charge in [-0.2, -0.15) is 0 Å². The van der Waals surface area contributed by atoms with Crippen molar-refractivity contribution in [3.05, 3.63) is 17.5 Å². The van der Waals surface area contributed by atoms with Crippen molar-refractivity contribution in [3.63, 3.8) is 0 Å². The van der Waals surface area contributed by atoms with E-state index < -0.39 is 0 Å². The molecular weight excluding hydrogens is 350 g/mol. The minimum absolute atomic E-state index is 0.484. The average molecular weight is 390 g/mol. The summed E-state index contributed by atoms with van der Waals surface area (Å²) in [4.78, 5) is 7.46. The maximum absolute atomic E-state index is 5.52. The molecule has 0 atom stereocenters. The van der Waals surface area contributed by atoms with Crippen LogP contribution in [0.3, 0.4) is 0 Å². The molecule has 2 heterocycles. The zero-order valence-corrected chi connectivity index (χ0v) is 18.0. The number of hydrogen-bond acceptors (Lipinski definition) is 4. The molecule has 2 N–H and O–H groups in total. The van der Waals surface area contributed by atoms with Crippen molar-refractivity contribution in [1.82, 2.24) is 20.7 Å². The fourth-order valence-electron chi connectivity index (χ4n) is 4.65. The molecule has 28 heavy (non-hydrogen) atoms. The van der Waals surface area contributed by atoms with Crippen LogP contribution in [0.5, 0.6) is 0 Å². The van der Waals surface area contributed by atoms with E-state index in [0.717, 1.165) is 42.8 Å². The molecule has 1 aliphatic heterocycles. The molecule has 1 saturated carbocycles. The molecule has 0 spiro atoms. The van der Waals surface area contributed by atoms with Gasteiger partial charge in [0, 0.05) is 43.7 Å². The molecule has 0 unspecified atom stereocenters. The van der Waals surface area contributed by atoms with Crippen LogP contribution in [0, 0.1) is 0 Å². The highest BCUT2D eigenvalue weighted by Gasteiger charge is 2.27.